The summed E-state index contributed by atoms with van der Waals surface area (Å²) in [5.41, 5.74) is 2.46. The minimum absolute atomic E-state index is 0. The number of nitrogens with zero attached hydrogens (tertiary/aromatic N) is 1. The summed E-state index contributed by atoms with van der Waals surface area (Å²) in [6, 6.07) is 21.0. The molecule has 0 radical (unpaired) electrons. The molecule has 3 nitrogen and oxygen atoms in total. The van der Waals surface area contributed by atoms with E-state index in [2.05, 4.69) is 69.7 Å². The number of hydrogen-bond donors (Lipinski definition) is 0. The largest absolute Gasteiger partial charge is 1.00 e. The van der Waals surface area contributed by atoms with Gasteiger partial charge in [-0.05, 0) is 11.1 Å². The van der Waals surface area contributed by atoms with Gasteiger partial charge in [0.15, 0.2) is 6.29 Å². The van der Waals surface area contributed by atoms with Crippen molar-refractivity contribution in [2.45, 2.75) is 18.3 Å². The average Bonchev–Trinajstić information content (AvgIpc) is 2.96. The van der Waals surface area contributed by atoms with E-state index >= 15 is 0 Å². The molecule has 130 valence electrons. The highest BCUT2D eigenvalue weighted by molar-refractivity contribution is 5.33. The van der Waals surface area contributed by atoms with E-state index in [1.54, 1.807) is 0 Å². The summed E-state index contributed by atoms with van der Waals surface area (Å²) in [4.78, 5) is 0. The Kier molecular flexibility index (Phi) is 6.80. The Morgan fingerprint density at radius 2 is 1.42 bits per heavy atom. The third-order valence-corrected chi connectivity index (χ3v) is 4.11. The molecule has 0 spiro atoms. The van der Waals surface area contributed by atoms with Crippen molar-refractivity contribution in [1.29, 1.82) is 0 Å². The zero-order chi connectivity index (χ0) is 16.3. The fraction of sp³-hybridized carbons (Fsp3) is 0.400. The van der Waals surface area contributed by atoms with E-state index in [1.807, 2.05) is 12.1 Å². The number of benzene rings is 2. The summed E-state index contributed by atoms with van der Waals surface area (Å²) in [7, 11) is 6.55. The molecule has 0 aliphatic carbocycles. The third kappa shape index (κ3) is 5.02. The Hall–Kier alpha value is -0.950. The van der Waals surface area contributed by atoms with Crippen LogP contribution in [-0.2, 0) is 9.47 Å². The molecule has 1 fully saturated rings. The maximum atomic E-state index is 6.27. The Labute approximate surface area is 162 Å². The van der Waals surface area contributed by atoms with Crippen LogP contribution < -0.4 is 24.0 Å². The zero-order valence-corrected chi connectivity index (χ0v) is 16.7. The van der Waals surface area contributed by atoms with Gasteiger partial charge in [0, 0.05) is 0 Å². The Bertz CT molecular complexity index is 573. The molecule has 1 saturated heterocycles. The van der Waals surface area contributed by atoms with Crippen molar-refractivity contribution in [3.63, 3.8) is 0 Å². The first-order valence-electron chi connectivity index (χ1n) is 8.20. The number of rotatable bonds is 5. The second-order valence-corrected chi connectivity index (χ2v) is 7.23. The third-order valence-electron chi connectivity index (χ3n) is 4.11. The summed E-state index contributed by atoms with van der Waals surface area (Å²) in [6.07, 6.45) is -0.0775. The van der Waals surface area contributed by atoms with Crippen LogP contribution in [0.1, 0.15) is 17.0 Å². The average molecular weight is 439 g/mol. The molecule has 2 atom stereocenters. The fourth-order valence-corrected chi connectivity index (χ4v) is 3.18. The Morgan fingerprint density at radius 3 is 1.88 bits per heavy atom. The molecule has 0 N–H and O–H groups in total. The first kappa shape index (κ1) is 19.4. The number of quaternary nitrogens is 1. The van der Waals surface area contributed by atoms with Gasteiger partial charge in [0.2, 0.25) is 0 Å². The van der Waals surface area contributed by atoms with Crippen LogP contribution in [0.2, 0.25) is 0 Å². The van der Waals surface area contributed by atoms with Gasteiger partial charge < -0.3 is 37.9 Å². The van der Waals surface area contributed by atoms with Gasteiger partial charge in [0.1, 0.15) is 12.6 Å². The zero-order valence-electron chi connectivity index (χ0n) is 14.6. The highest BCUT2D eigenvalue weighted by Crippen LogP contribution is 2.33. The van der Waals surface area contributed by atoms with Crippen LogP contribution in [0.4, 0.5) is 0 Å². The molecule has 1 aliphatic rings. The van der Waals surface area contributed by atoms with E-state index in [0.29, 0.717) is 6.61 Å². The number of hydrogen-bond acceptors (Lipinski definition) is 2. The van der Waals surface area contributed by atoms with Crippen molar-refractivity contribution in [3.8, 4) is 0 Å². The second-order valence-electron chi connectivity index (χ2n) is 7.23. The van der Waals surface area contributed by atoms with E-state index in [-0.39, 0.29) is 42.3 Å². The van der Waals surface area contributed by atoms with Crippen molar-refractivity contribution >= 4 is 0 Å². The van der Waals surface area contributed by atoms with Crippen LogP contribution in [0.3, 0.4) is 0 Å². The van der Waals surface area contributed by atoms with Gasteiger partial charge in [0.25, 0.3) is 0 Å². The summed E-state index contributed by atoms with van der Waals surface area (Å²) >= 11 is 0. The van der Waals surface area contributed by atoms with E-state index in [0.717, 1.165) is 11.0 Å². The molecule has 3 rings (SSSR count). The van der Waals surface area contributed by atoms with Crippen LogP contribution in [0, 0.1) is 0 Å². The molecule has 0 aromatic heterocycles. The van der Waals surface area contributed by atoms with Gasteiger partial charge in [-0.1, -0.05) is 60.7 Å². The highest BCUT2D eigenvalue weighted by Gasteiger charge is 2.36. The van der Waals surface area contributed by atoms with Crippen molar-refractivity contribution in [2.24, 2.45) is 0 Å². The van der Waals surface area contributed by atoms with Crippen LogP contribution in [0.15, 0.2) is 60.7 Å². The highest BCUT2D eigenvalue weighted by atomic mass is 127. The minimum atomic E-state index is -0.226. The first-order chi connectivity index (χ1) is 11.0. The molecule has 0 bridgehead atoms. The number of ether oxygens (including phenoxy) is 2. The summed E-state index contributed by atoms with van der Waals surface area (Å²) < 4.78 is 13.2. The summed E-state index contributed by atoms with van der Waals surface area (Å²) in [5, 5.41) is 0. The smallest absolute Gasteiger partial charge is 0.169 e. The lowest BCUT2D eigenvalue weighted by Crippen LogP contribution is -3.00. The van der Waals surface area contributed by atoms with Crippen LogP contribution >= 0.6 is 0 Å². The fourth-order valence-electron chi connectivity index (χ4n) is 3.18. The quantitative estimate of drug-likeness (QED) is 0.492. The molecule has 24 heavy (non-hydrogen) atoms. The van der Waals surface area contributed by atoms with Crippen LogP contribution in [-0.4, -0.2) is 51.2 Å². The van der Waals surface area contributed by atoms with Crippen molar-refractivity contribution < 1.29 is 37.9 Å². The molecule has 0 amide bonds. The monoisotopic (exact) mass is 439 g/mol. The second kappa shape index (κ2) is 8.43. The summed E-state index contributed by atoms with van der Waals surface area (Å²) in [5.74, 6) is 0.106. The van der Waals surface area contributed by atoms with Crippen molar-refractivity contribution in [1.82, 2.24) is 0 Å². The summed E-state index contributed by atoms with van der Waals surface area (Å²) in [6.45, 7) is 1.61. The SMILES string of the molecule is C[N+](C)(C)C[C@@H]1CO[C@@H](C(c2ccccc2)c2ccccc2)O1.[I-]. The molecule has 0 saturated carbocycles. The number of likely N-dealkylation sites (N-methyl/N-ethyl adjacent to an activating group) is 1. The molecule has 1 heterocycles. The Morgan fingerprint density at radius 1 is 0.917 bits per heavy atom. The van der Waals surface area contributed by atoms with Gasteiger partial charge in [-0.15, -0.1) is 0 Å². The van der Waals surface area contributed by atoms with Gasteiger partial charge in [-0.25, -0.2) is 0 Å². The molecule has 1 aliphatic heterocycles. The molecule has 4 heteroatoms. The lowest BCUT2D eigenvalue weighted by molar-refractivity contribution is -0.873. The van der Waals surface area contributed by atoms with E-state index in [9.17, 15) is 0 Å². The lowest BCUT2D eigenvalue weighted by atomic mass is 9.91. The standard InChI is InChI=1S/C20H26NO2.HI/c1-21(2,3)14-18-15-22-20(23-18)19(16-10-6-4-7-11-16)17-12-8-5-9-13-17;/h4-13,18-20H,14-15H2,1-3H3;1H/q+1;/p-1/t18-,20-;/m1./s1. The maximum absolute atomic E-state index is 6.27. The van der Waals surface area contributed by atoms with Gasteiger partial charge >= 0.3 is 0 Å². The van der Waals surface area contributed by atoms with Crippen molar-refractivity contribution in [3.05, 3.63) is 71.8 Å². The van der Waals surface area contributed by atoms with Gasteiger partial charge in [-0.2, -0.15) is 0 Å². The van der Waals surface area contributed by atoms with E-state index < -0.39 is 0 Å². The van der Waals surface area contributed by atoms with Gasteiger partial charge in [-0.3, -0.25) is 0 Å². The number of halogens is 1. The normalized spacial score (nSPS) is 20.8. The molecule has 0 unspecified atom stereocenters. The van der Waals surface area contributed by atoms with Crippen LogP contribution in [0.5, 0.6) is 0 Å². The molecular weight excluding hydrogens is 413 g/mol. The Balaban J connectivity index is 0.00000208. The topological polar surface area (TPSA) is 18.5 Å². The van der Waals surface area contributed by atoms with E-state index in [1.165, 1.54) is 11.1 Å². The predicted octanol–water partition coefficient (Wildman–Crippen LogP) is 0.270. The van der Waals surface area contributed by atoms with Crippen molar-refractivity contribution in [2.75, 3.05) is 34.3 Å². The lowest BCUT2D eigenvalue weighted by Gasteiger charge is -2.27. The maximum Gasteiger partial charge on any atom is 0.169 e. The molecule has 2 aromatic carbocycles. The van der Waals surface area contributed by atoms with E-state index in [4.69, 9.17) is 9.47 Å². The molecular formula is C20H26INO2. The van der Waals surface area contributed by atoms with Gasteiger partial charge in [0.05, 0.1) is 33.7 Å². The predicted molar refractivity (Wildman–Crippen MR) is 92.2 cm³/mol. The van der Waals surface area contributed by atoms with Crippen LogP contribution in [0.25, 0.3) is 0 Å². The first-order valence-corrected chi connectivity index (χ1v) is 8.20. The molecule has 2 aromatic rings. The minimum Gasteiger partial charge on any atom is -1.00 e.